The molecule has 0 aliphatic carbocycles. The zero-order valence-electron chi connectivity index (χ0n) is 19.2. The summed E-state index contributed by atoms with van der Waals surface area (Å²) < 4.78 is 27.0. The SMILES string of the molecule is C=CCN(CC=C)S(=O)(=O)c1ccc(C(=O)Nc2sc3c(c2C(N)=O)CCN(CCC)C3)cc1. The third-order valence-electron chi connectivity index (χ3n) is 5.57. The summed E-state index contributed by atoms with van der Waals surface area (Å²) in [6.07, 6.45) is 4.75. The predicted molar refractivity (Wildman–Crippen MR) is 136 cm³/mol. The average Bonchev–Trinajstić information content (AvgIpc) is 3.16. The largest absolute Gasteiger partial charge is 0.365 e. The van der Waals surface area contributed by atoms with E-state index in [1.165, 1.54) is 52.1 Å². The van der Waals surface area contributed by atoms with E-state index in [1.807, 2.05) is 0 Å². The molecular weight excluding hydrogens is 472 g/mol. The smallest absolute Gasteiger partial charge is 0.256 e. The number of nitrogens with one attached hydrogen (secondary N) is 1. The highest BCUT2D eigenvalue weighted by Gasteiger charge is 2.28. The van der Waals surface area contributed by atoms with Crippen LogP contribution in [0.4, 0.5) is 5.00 Å². The fraction of sp³-hybridized carbons (Fsp3) is 0.333. The maximum atomic E-state index is 12.9. The van der Waals surface area contributed by atoms with Gasteiger partial charge in [0.15, 0.2) is 0 Å². The van der Waals surface area contributed by atoms with Crippen LogP contribution in [0.15, 0.2) is 54.5 Å². The summed E-state index contributed by atoms with van der Waals surface area (Å²) in [5.74, 6) is -1.01. The van der Waals surface area contributed by atoms with Crippen LogP contribution in [0, 0.1) is 0 Å². The Labute approximate surface area is 204 Å². The number of fused-ring (bicyclic) bond motifs is 1. The van der Waals surface area contributed by atoms with Crippen LogP contribution in [0.25, 0.3) is 0 Å². The molecule has 0 fully saturated rings. The van der Waals surface area contributed by atoms with Gasteiger partial charge in [0, 0.05) is 36.6 Å². The first-order valence-corrected chi connectivity index (χ1v) is 13.3. The van der Waals surface area contributed by atoms with Crippen molar-refractivity contribution in [1.82, 2.24) is 9.21 Å². The lowest BCUT2D eigenvalue weighted by Gasteiger charge is -2.26. The second-order valence-electron chi connectivity index (χ2n) is 7.98. The minimum absolute atomic E-state index is 0.0631. The number of carbonyl (C=O) groups excluding carboxylic acids is 2. The van der Waals surface area contributed by atoms with E-state index < -0.39 is 21.8 Å². The lowest BCUT2D eigenvalue weighted by atomic mass is 10.0. The molecule has 0 saturated heterocycles. The Morgan fingerprint density at radius 1 is 1.21 bits per heavy atom. The Bertz CT molecular complexity index is 1180. The molecule has 1 aliphatic rings. The Balaban J connectivity index is 1.82. The molecule has 3 N–H and O–H groups in total. The number of primary amides is 1. The molecule has 2 aromatic rings. The van der Waals surface area contributed by atoms with E-state index in [0.29, 0.717) is 17.0 Å². The molecule has 0 spiro atoms. The molecular formula is C24H30N4O4S2. The van der Waals surface area contributed by atoms with Gasteiger partial charge in [0.25, 0.3) is 11.8 Å². The first-order valence-electron chi connectivity index (χ1n) is 11.0. The first kappa shape index (κ1) is 25.8. The van der Waals surface area contributed by atoms with Crippen LogP contribution in [0.2, 0.25) is 0 Å². The number of hydrogen-bond acceptors (Lipinski definition) is 6. The van der Waals surface area contributed by atoms with Crippen LogP contribution in [0.3, 0.4) is 0 Å². The minimum atomic E-state index is -3.76. The van der Waals surface area contributed by atoms with Crippen molar-refractivity contribution in [3.8, 4) is 0 Å². The number of anilines is 1. The third-order valence-corrected chi connectivity index (χ3v) is 8.55. The average molecular weight is 503 g/mol. The zero-order valence-corrected chi connectivity index (χ0v) is 20.9. The molecule has 34 heavy (non-hydrogen) atoms. The maximum absolute atomic E-state index is 12.9. The van der Waals surface area contributed by atoms with Gasteiger partial charge in [0.05, 0.1) is 10.5 Å². The molecule has 0 saturated carbocycles. The molecule has 182 valence electrons. The number of rotatable bonds is 11. The predicted octanol–water partition coefficient (Wildman–Crippen LogP) is 3.23. The zero-order chi connectivity index (χ0) is 24.9. The molecule has 0 unspecified atom stereocenters. The van der Waals surface area contributed by atoms with Gasteiger partial charge in [0.2, 0.25) is 10.0 Å². The number of nitrogens with two attached hydrogens (primary N) is 1. The standard InChI is InChI=1S/C24H30N4O4S2/c1-4-12-27-15-11-19-20(16-27)33-24(21(19)22(25)29)26-23(30)17-7-9-18(10-8-17)34(31,32)28(13-5-2)14-6-3/h5-10H,2-4,11-16H2,1H3,(H2,25,29)(H,26,30). The Morgan fingerprint density at radius 3 is 2.41 bits per heavy atom. The molecule has 1 aromatic heterocycles. The van der Waals surface area contributed by atoms with E-state index in [0.717, 1.165) is 36.5 Å². The second-order valence-corrected chi connectivity index (χ2v) is 11.0. The summed E-state index contributed by atoms with van der Waals surface area (Å²) in [7, 11) is -3.76. The van der Waals surface area contributed by atoms with Gasteiger partial charge < -0.3 is 11.1 Å². The van der Waals surface area contributed by atoms with Crippen LogP contribution >= 0.6 is 11.3 Å². The third kappa shape index (κ3) is 5.47. The Hall–Kier alpha value is -2.79. The summed E-state index contributed by atoms with van der Waals surface area (Å²) in [6, 6.07) is 5.67. The van der Waals surface area contributed by atoms with Gasteiger partial charge in [-0.3, -0.25) is 14.5 Å². The highest BCUT2D eigenvalue weighted by molar-refractivity contribution is 7.89. The Morgan fingerprint density at radius 2 is 1.85 bits per heavy atom. The van der Waals surface area contributed by atoms with Crippen LogP contribution in [-0.4, -0.2) is 55.6 Å². The summed E-state index contributed by atoms with van der Waals surface area (Å²) >= 11 is 1.37. The van der Waals surface area contributed by atoms with E-state index in [2.05, 4.69) is 30.3 Å². The van der Waals surface area contributed by atoms with Crippen molar-refractivity contribution in [3.05, 3.63) is 71.1 Å². The van der Waals surface area contributed by atoms with Gasteiger partial charge in [-0.15, -0.1) is 24.5 Å². The molecule has 0 bridgehead atoms. The van der Waals surface area contributed by atoms with E-state index in [9.17, 15) is 18.0 Å². The van der Waals surface area contributed by atoms with Gasteiger partial charge >= 0.3 is 0 Å². The number of amides is 2. The summed E-state index contributed by atoms with van der Waals surface area (Å²) in [6.45, 7) is 12.1. The van der Waals surface area contributed by atoms with E-state index in [1.54, 1.807) is 0 Å². The van der Waals surface area contributed by atoms with E-state index in [4.69, 9.17) is 5.73 Å². The molecule has 10 heteroatoms. The van der Waals surface area contributed by atoms with Gasteiger partial charge in [-0.1, -0.05) is 19.1 Å². The lowest BCUT2D eigenvalue weighted by Crippen LogP contribution is -2.31. The summed E-state index contributed by atoms with van der Waals surface area (Å²) in [5.41, 5.74) is 7.20. The molecule has 0 atom stereocenters. The van der Waals surface area contributed by atoms with Crippen molar-refractivity contribution >= 4 is 38.2 Å². The second kappa shape index (κ2) is 11.1. The minimum Gasteiger partial charge on any atom is -0.365 e. The fourth-order valence-electron chi connectivity index (χ4n) is 3.97. The molecule has 2 amide bonds. The van der Waals surface area contributed by atoms with Crippen molar-refractivity contribution in [2.75, 3.05) is 31.5 Å². The van der Waals surface area contributed by atoms with Crippen molar-refractivity contribution in [3.63, 3.8) is 0 Å². The van der Waals surface area contributed by atoms with Crippen molar-refractivity contribution in [1.29, 1.82) is 0 Å². The number of sulfonamides is 1. The molecule has 2 heterocycles. The van der Waals surface area contributed by atoms with Crippen LogP contribution in [0.5, 0.6) is 0 Å². The van der Waals surface area contributed by atoms with Gasteiger partial charge in [-0.2, -0.15) is 4.31 Å². The lowest BCUT2D eigenvalue weighted by molar-refractivity contribution is 0.1000. The molecule has 8 nitrogen and oxygen atoms in total. The number of nitrogens with zero attached hydrogens (tertiary/aromatic N) is 2. The van der Waals surface area contributed by atoms with Crippen LogP contribution in [-0.2, 0) is 23.0 Å². The summed E-state index contributed by atoms with van der Waals surface area (Å²) in [5, 5.41) is 3.24. The topological polar surface area (TPSA) is 113 Å². The van der Waals surface area contributed by atoms with E-state index >= 15 is 0 Å². The number of benzene rings is 1. The quantitative estimate of drug-likeness (QED) is 0.458. The molecule has 1 aliphatic heterocycles. The van der Waals surface area contributed by atoms with Crippen LogP contribution < -0.4 is 11.1 Å². The Kier molecular flexibility index (Phi) is 8.42. The fourth-order valence-corrected chi connectivity index (χ4v) is 6.65. The molecule has 1 aromatic carbocycles. The summed E-state index contributed by atoms with van der Waals surface area (Å²) in [4.78, 5) is 28.5. The monoisotopic (exact) mass is 502 g/mol. The highest BCUT2D eigenvalue weighted by atomic mass is 32.2. The van der Waals surface area contributed by atoms with Crippen molar-refractivity contribution in [2.45, 2.75) is 31.2 Å². The molecule has 3 rings (SSSR count). The first-order chi connectivity index (χ1) is 16.2. The van der Waals surface area contributed by atoms with Crippen LogP contribution in [0.1, 0.15) is 44.5 Å². The van der Waals surface area contributed by atoms with Gasteiger partial charge in [-0.25, -0.2) is 8.42 Å². The maximum Gasteiger partial charge on any atom is 0.256 e. The van der Waals surface area contributed by atoms with Crippen molar-refractivity contribution in [2.24, 2.45) is 5.73 Å². The van der Waals surface area contributed by atoms with Crippen molar-refractivity contribution < 1.29 is 18.0 Å². The normalized spacial score (nSPS) is 13.9. The van der Waals surface area contributed by atoms with Gasteiger partial charge in [-0.05, 0) is 49.2 Å². The number of hydrogen-bond donors (Lipinski definition) is 2. The van der Waals surface area contributed by atoms with E-state index in [-0.39, 0.29) is 23.5 Å². The van der Waals surface area contributed by atoms with Gasteiger partial charge in [0.1, 0.15) is 5.00 Å². The number of carbonyl (C=O) groups is 2. The molecule has 0 radical (unpaired) electrons. The number of thiophene rings is 1. The highest BCUT2D eigenvalue weighted by Crippen LogP contribution is 2.37.